The molecular formula is C23H26N2O4S. The summed E-state index contributed by atoms with van der Waals surface area (Å²) in [6.45, 7) is 3.37. The van der Waals surface area contributed by atoms with Gasteiger partial charge in [-0.25, -0.2) is 17.9 Å². The molecule has 158 valence electrons. The fraction of sp³-hybridized carbons (Fsp3) is 0.348. The number of benzene rings is 2. The molecule has 0 radical (unpaired) electrons. The Balaban J connectivity index is 1.35. The van der Waals surface area contributed by atoms with E-state index in [1.54, 1.807) is 6.07 Å². The number of sulfonamides is 1. The molecule has 30 heavy (non-hydrogen) atoms. The lowest BCUT2D eigenvalue weighted by molar-refractivity contribution is 0.178. The average Bonchev–Trinajstić information content (AvgIpc) is 2.77. The standard InChI is InChI=1S/C23H26N2O4S/c26-23-11-8-20-15-21(9-10-22(20)29-23)30(27,28)24-16-19-7-4-13-25(17-19)14-12-18-5-2-1-3-6-18/h1-3,5-6,8-11,15,19,24H,4,7,12-14,16-17H2. The van der Waals surface area contributed by atoms with Crippen molar-refractivity contribution in [3.8, 4) is 0 Å². The van der Waals surface area contributed by atoms with Gasteiger partial charge in [0.15, 0.2) is 0 Å². The zero-order valence-corrected chi connectivity index (χ0v) is 17.6. The quantitative estimate of drug-likeness (QED) is 0.588. The van der Waals surface area contributed by atoms with Gasteiger partial charge in [-0.3, -0.25) is 0 Å². The van der Waals surface area contributed by atoms with Gasteiger partial charge >= 0.3 is 5.63 Å². The molecular weight excluding hydrogens is 400 g/mol. The number of fused-ring (bicyclic) bond motifs is 1. The molecule has 6 nitrogen and oxygen atoms in total. The smallest absolute Gasteiger partial charge is 0.336 e. The van der Waals surface area contributed by atoms with Crippen LogP contribution in [0.25, 0.3) is 11.0 Å². The van der Waals surface area contributed by atoms with Gasteiger partial charge in [-0.1, -0.05) is 30.3 Å². The van der Waals surface area contributed by atoms with E-state index in [1.807, 2.05) is 6.07 Å². The second-order valence-electron chi connectivity index (χ2n) is 7.85. The number of piperidine rings is 1. The molecule has 1 fully saturated rings. The highest BCUT2D eigenvalue weighted by Gasteiger charge is 2.22. The van der Waals surface area contributed by atoms with Crippen LogP contribution in [0, 0.1) is 5.92 Å². The summed E-state index contributed by atoms with van der Waals surface area (Å²) in [5, 5.41) is 0.585. The normalized spacial score (nSPS) is 17.9. The molecule has 1 aromatic heterocycles. The van der Waals surface area contributed by atoms with Gasteiger partial charge in [-0.05, 0) is 61.6 Å². The Kier molecular flexibility index (Phi) is 6.32. The van der Waals surface area contributed by atoms with Gasteiger partial charge in [0, 0.05) is 31.1 Å². The lowest BCUT2D eigenvalue weighted by Gasteiger charge is -2.32. The third kappa shape index (κ3) is 5.16. The molecule has 0 spiro atoms. The Morgan fingerprint density at radius 2 is 1.90 bits per heavy atom. The highest BCUT2D eigenvalue weighted by atomic mass is 32.2. The van der Waals surface area contributed by atoms with Gasteiger partial charge in [0.1, 0.15) is 5.58 Å². The summed E-state index contributed by atoms with van der Waals surface area (Å²) in [5.41, 5.74) is 1.25. The van der Waals surface area contributed by atoms with E-state index in [9.17, 15) is 13.2 Å². The highest BCUT2D eigenvalue weighted by molar-refractivity contribution is 7.89. The lowest BCUT2D eigenvalue weighted by atomic mass is 9.98. The summed E-state index contributed by atoms with van der Waals surface area (Å²) in [6.07, 6.45) is 3.11. The molecule has 0 saturated carbocycles. The Bertz CT molecular complexity index is 1160. The van der Waals surface area contributed by atoms with E-state index >= 15 is 0 Å². The van der Waals surface area contributed by atoms with Crippen LogP contribution in [0.15, 0.2) is 74.8 Å². The van der Waals surface area contributed by atoms with Gasteiger partial charge < -0.3 is 9.32 Å². The van der Waals surface area contributed by atoms with Crippen molar-refractivity contribution < 1.29 is 12.8 Å². The van der Waals surface area contributed by atoms with Crippen LogP contribution in [-0.4, -0.2) is 39.5 Å². The molecule has 1 aliphatic rings. The topological polar surface area (TPSA) is 79.6 Å². The molecule has 4 rings (SSSR count). The van der Waals surface area contributed by atoms with Crippen molar-refractivity contribution in [1.82, 2.24) is 9.62 Å². The maximum Gasteiger partial charge on any atom is 0.336 e. The van der Waals surface area contributed by atoms with Crippen LogP contribution in [-0.2, 0) is 16.4 Å². The third-order valence-electron chi connectivity index (χ3n) is 5.63. The molecule has 0 aliphatic carbocycles. The minimum Gasteiger partial charge on any atom is -0.423 e. The fourth-order valence-corrected chi connectivity index (χ4v) is 5.13. The van der Waals surface area contributed by atoms with E-state index in [2.05, 4.69) is 33.9 Å². The summed E-state index contributed by atoms with van der Waals surface area (Å²) >= 11 is 0. The molecule has 1 aliphatic heterocycles. The van der Waals surface area contributed by atoms with E-state index in [0.717, 1.165) is 38.9 Å². The molecule has 1 unspecified atom stereocenters. The van der Waals surface area contributed by atoms with Crippen molar-refractivity contribution in [2.24, 2.45) is 5.92 Å². The first kappa shape index (κ1) is 20.8. The van der Waals surface area contributed by atoms with Crippen LogP contribution in [0.3, 0.4) is 0 Å². The molecule has 1 N–H and O–H groups in total. The molecule has 0 bridgehead atoms. The molecule has 3 aromatic rings. The molecule has 1 saturated heterocycles. The molecule has 7 heteroatoms. The number of nitrogens with one attached hydrogen (secondary N) is 1. The number of nitrogens with zero attached hydrogens (tertiary/aromatic N) is 1. The number of hydrogen-bond donors (Lipinski definition) is 1. The number of likely N-dealkylation sites (tertiary alicyclic amines) is 1. The highest BCUT2D eigenvalue weighted by Crippen LogP contribution is 2.20. The second-order valence-corrected chi connectivity index (χ2v) is 9.62. The lowest BCUT2D eigenvalue weighted by Crippen LogP contribution is -2.41. The first-order chi connectivity index (χ1) is 14.5. The van der Waals surface area contributed by atoms with Gasteiger partial charge in [0.25, 0.3) is 0 Å². The van der Waals surface area contributed by atoms with E-state index < -0.39 is 15.6 Å². The largest absolute Gasteiger partial charge is 0.423 e. The summed E-state index contributed by atoms with van der Waals surface area (Å²) < 4.78 is 33.4. The first-order valence-electron chi connectivity index (χ1n) is 10.3. The van der Waals surface area contributed by atoms with E-state index in [0.29, 0.717) is 23.4 Å². The Labute approximate surface area is 176 Å². The second kappa shape index (κ2) is 9.12. The summed E-state index contributed by atoms with van der Waals surface area (Å²) in [4.78, 5) is 13.9. The number of rotatable bonds is 7. The summed E-state index contributed by atoms with van der Waals surface area (Å²) in [6, 6.07) is 17.8. The van der Waals surface area contributed by atoms with Gasteiger partial charge in [-0.2, -0.15) is 0 Å². The third-order valence-corrected chi connectivity index (χ3v) is 7.05. The minimum atomic E-state index is -3.62. The Hall–Kier alpha value is -2.48. The predicted molar refractivity (Wildman–Crippen MR) is 117 cm³/mol. The van der Waals surface area contributed by atoms with E-state index in [4.69, 9.17) is 4.42 Å². The monoisotopic (exact) mass is 426 g/mol. The maximum atomic E-state index is 12.8. The predicted octanol–water partition coefficient (Wildman–Crippen LogP) is 3.03. The van der Waals surface area contributed by atoms with Crippen molar-refractivity contribution in [1.29, 1.82) is 0 Å². The average molecular weight is 427 g/mol. The molecule has 2 aromatic carbocycles. The summed E-state index contributed by atoms with van der Waals surface area (Å²) in [5.74, 6) is 0.294. The zero-order valence-electron chi connectivity index (χ0n) is 16.8. The fourth-order valence-electron chi connectivity index (χ4n) is 3.98. The van der Waals surface area contributed by atoms with Crippen LogP contribution in [0.4, 0.5) is 0 Å². The van der Waals surface area contributed by atoms with Gasteiger partial charge in [0.05, 0.1) is 4.90 Å². The Morgan fingerprint density at radius 3 is 2.73 bits per heavy atom. The van der Waals surface area contributed by atoms with Crippen molar-refractivity contribution in [2.45, 2.75) is 24.2 Å². The summed E-state index contributed by atoms with van der Waals surface area (Å²) in [7, 11) is -3.62. The van der Waals surface area contributed by atoms with E-state index in [1.165, 1.54) is 29.8 Å². The van der Waals surface area contributed by atoms with Crippen molar-refractivity contribution in [3.05, 3.63) is 76.6 Å². The molecule has 0 amide bonds. The van der Waals surface area contributed by atoms with Crippen molar-refractivity contribution in [3.63, 3.8) is 0 Å². The Morgan fingerprint density at radius 1 is 1.07 bits per heavy atom. The van der Waals surface area contributed by atoms with Gasteiger partial charge in [0.2, 0.25) is 10.0 Å². The maximum absolute atomic E-state index is 12.8. The molecule has 2 heterocycles. The molecule has 1 atom stereocenters. The minimum absolute atomic E-state index is 0.181. The van der Waals surface area contributed by atoms with Crippen LogP contribution < -0.4 is 10.3 Å². The van der Waals surface area contributed by atoms with E-state index in [-0.39, 0.29) is 4.90 Å². The zero-order chi connectivity index (χ0) is 21.0. The van der Waals surface area contributed by atoms with Crippen molar-refractivity contribution >= 4 is 21.0 Å². The van der Waals surface area contributed by atoms with Crippen molar-refractivity contribution in [2.75, 3.05) is 26.2 Å². The first-order valence-corrected chi connectivity index (χ1v) is 11.8. The van der Waals surface area contributed by atoms with Gasteiger partial charge in [-0.15, -0.1) is 0 Å². The van der Waals surface area contributed by atoms with Crippen LogP contribution in [0.5, 0.6) is 0 Å². The number of hydrogen-bond acceptors (Lipinski definition) is 5. The van der Waals surface area contributed by atoms with Crippen LogP contribution in [0.2, 0.25) is 0 Å². The SMILES string of the molecule is O=c1ccc2cc(S(=O)(=O)NCC3CCCN(CCc4ccccc4)C3)ccc2o1. The van der Waals surface area contributed by atoms with Crippen LogP contribution in [0.1, 0.15) is 18.4 Å². The van der Waals surface area contributed by atoms with Crippen LogP contribution >= 0.6 is 0 Å².